The van der Waals surface area contributed by atoms with Crippen molar-refractivity contribution in [2.75, 3.05) is 13.6 Å². The Morgan fingerprint density at radius 3 is 2.50 bits per heavy atom. The standard InChI is InChI=1S/C12H26N2/c1-10(2)14(4)11(3)9-12-7-5-6-8-13-12/h10-13H,5-9H2,1-4H3. The fourth-order valence-corrected chi connectivity index (χ4v) is 2.21. The first kappa shape index (κ1) is 12.0. The van der Waals surface area contributed by atoms with Gasteiger partial charge in [-0.3, -0.25) is 0 Å². The van der Waals surface area contributed by atoms with Crippen LogP contribution >= 0.6 is 0 Å². The highest BCUT2D eigenvalue weighted by Gasteiger charge is 2.19. The van der Waals surface area contributed by atoms with Crippen LogP contribution in [-0.4, -0.2) is 36.6 Å². The molecule has 0 aromatic heterocycles. The molecule has 1 rings (SSSR count). The van der Waals surface area contributed by atoms with E-state index in [2.05, 4.69) is 38.0 Å². The minimum absolute atomic E-state index is 0.661. The monoisotopic (exact) mass is 198 g/mol. The van der Waals surface area contributed by atoms with Gasteiger partial charge in [0.25, 0.3) is 0 Å². The molecule has 1 aliphatic rings. The van der Waals surface area contributed by atoms with Crippen LogP contribution in [0.5, 0.6) is 0 Å². The minimum atomic E-state index is 0.661. The molecule has 0 amide bonds. The molecule has 0 aromatic rings. The maximum absolute atomic E-state index is 3.62. The summed E-state index contributed by atoms with van der Waals surface area (Å²) in [5, 5.41) is 3.62. The van der Waals surface area contributed by atoms with Crippen LogP contribution in [0.3, 0.4) is 0 Å². The van der Waals surface area contributed by atoms with Crippen molar-refractivity contribution in [2.24, 2.45) is 0 Å². The highest BCUT2D eigenvalue weighted by molar-refractivity contribution is 4.78. The van der Waals surface area contributed by atoms with Gasteiger partial charge in [0.15, 0.2) is 0 Å². The lowest BCUT2D eigenvalue weighted by Gasteiger charge is -2.33. The van der Waals surface area contributed by atoms with E-state index in [1.807, 2.05) is 0 Å². The molecule has 2 nitrogen and oxygen atoms in total. The predicted octanol–water partition coefficient (Wildman–Crippen LogP) is 2.25. The molecule has 0 aliphatic carbocycles. The van der Waals surface area contributed by atoms with Crippen LogP contribution in [-0.2, 0) is 0 Å². The number of hydrogen-bond donors (Lipinski definition) is 1. The molecule has 0 aromatic carbocycles. The van der Waals surface area contributed by atoms with Crippen LogP contribution in [0, 0.1) is 0 Å². The zero-order chi connectivity index (χ0) is 10.6. The summed E-state index contributed by atoms with van der Waals surface area (Å²) < 4.78 is 0. The van der Waals surface area contributed by atoms with E-state index >= 15 is 0 Å². The molecule has 14 heavy (non-hydrogen) atoms. The van der Waals surface area contributed by atoms with Gasteiger partial charge in [-0.05, 0) is 53.6 Å². The predicted molar refractivity (Wildman–Crippen MR) is 62.6 cm³/mol. The summed E-state index contributed by atoms with van der Waals surface area (Å²) >= 11 is 0. The van der Waals surface area contributed by atoms with E-state index in [-0.39, 0.29) is 0 Å². The topological polar surface area (TPSA) is 15.3 Å². The Morgan fingerprint density at radius 1 is 1.29 bits per heavy atom. The van der Waals surface area contributed by atoms with Crippen LogP contribution in [0.4, 0.5) is 0 Å². The summed E-state index contributed by atoms with van der Waals surface area (Å²) in [5.41, 5.74) is 0. The number of hydrogen-bond acceptors (Lipinski definition) is 2. The van der Waals surface area contributed by atoms with Crippen molar-refractivity contribution in [3.8, 4) is 0 Å². The van der Waals surface area contributed by atoms with Crippen LogP contribution in [0.15, 0.2) is 0 Å². The lowest BCUT2D eigenvalue weighted by atomic mass is 9.98. The Hall–Kier alpha value is -0.0800. The second kappa shape index (κ2) is 5.72. The molecule has 2 heteroatoms. The molecule has 2 unspecified atom stereocenters. The Balaban J connectivity index is 2.27. The third-order valence-electron chi connectivity index (χ3n) is 3.55. The van der Waals surface area contributed by atoms with Crippen molar-refractivity contribution in [2.45, 2.75) is 64.6 Å². The summed E-state index contributed by atoms with van der Waals surface area (Å²) in [4.78, 5) is 2.47. The van der Waals surface area contributed by atoms with Gasteiger partial charge in [0, 0.05) is 18.1 Å². The molecule has 1 fully saturated rings. The maximum atomic E-state index is 3.62. The van der Waals surface area contributed by atoms with E-state index in [0.29, 0.717) is 12.1 Å². The number of piperidine rings is 1. The van der Waals surface area contributed by atoms with E-state index in [1.54, 1.807) is 0 Å². The fraction of sp³-hybridized carbons (Fsp3) is 1.00. The highest BCUT2D eigenvalue weighted by atomic mass is 15.1. The average molecular weight is 198 g/mol. The molecular formula is C12H26N2. The zero-order valence-corrected chi connectivity index (χ0v) is 10.2. The van der Waals surface area contributed by atoms with Crippen molar-refractivity contribution in [1.29, 1.82) is 0 Å². The normalized spacial score (nSPS) is 25.7. The van der Waals surface area contributed by atoms with Gasteiger partial charge in [-0.1, -0.05) is 6.42 Å². The third-order valence-corrected chi connectivity index (χ3v) is 3.55. The molecule has 1 N–H and O–H groups in total. The van der Waals surface area contributed by atoms with E-state index in [0.717, 1.165) is 6.04 Å². The van der Waals surface area contributed by atoms with Gasteiger partial charge >= 0.3 is 0 Å². The highest BCUT2D eigenvalue weighted by Crippen LogP contribution is 2.15. The smallest absolute Gasteiger partial charge is 0.00818 e. The SMILES string of the molecule is CC(C)N(C)C(C)CC1CCCCN1. The second-order valence-electron chi connectivity index (χ2n) is 4.99. The van der Waals surface area contributed by atoms with Crippen molar-refractivity contribution in [1.82, 2.24) is 10.2 Å². The van der Waals surface area contributed by atoms with Crippen molar-refractivity contribution < 1.29 is 0 Å². The fourth-order valence-electron chi connectivity index (χ4n) is 2.21. The maximum Gasteiger partial charge on any atom is 0.00818 e. The largest absolute Gasteiger partial charge is 0.314 e. The molecule has 0 spiro atoms. The van der Waals surface area contributed by atoms with Crippen molar-refractivity contribution >= 4 is 0 Å². The molecular weight excluding hydrogens is 172 g/mol. The van der Waals surface area contributed by atoms with Crippen LogP contribution in [0.1, 0.15) is 46.5 Å². The lowest BCUT2D eigenvalue weighted by Crippen LogP contribution is -2.42. The number of nitrogens with one attached hydrogen (secondary N) is 1. The van der Waals surface area contributed by atoms with E-state index in [1.165, 1.54) is 32.2 Å². The Labute approximate surface area is 89.1 Å². The van der Waals surface area contributed by atoms with Crippen molar-refractivity contribution in [3.63, 3.8) is 0 Å². The summed E-state index contributed by atoms with van der Waals surface area (Å²) in [6.45, 7) is 8.11. The summed E-state index contributed by atoms with van der Waals surface area (Å²) in [6.07, 6.45) is 5.45. The van der Waals surface area contributed by atoms with Crippen LogP contribution in [0.25, 0.3) is 0 Å². The molecule has 2 atom stereocenters. The Kier molecular flexibility index (Phi) is 4.90. The first-order valence-electron chi connectivity index (χ1n) is 6.06. The summed E-state index contributed by atoms with van der Waals surface area (Å²) in [6, 6.07) is 2.12. The molecule has 1 heterocycles. The number of nitrogens with zero attached hydrogens (tertiary/aromatic N) is 1. The molecule has 0 bridgehead atoms. The summed E-state index contributed by atoms with van der Waals surface area (Å²) in [7, 11) is 2.23. The van der Waals surface area contributed by atoms with Crippen molar-refractivity contribution in [3.05, 3.63) is 0 Å². The van der Waals surface area contributed by atoms with E-state index in [9.17, 15) is 0 Å². The van der Waals surface area contributed by atoms with Gasteiger partial charge in [0.1, 0.15) is 0 Å². The molecule has 1 saturated heterocycles. The lowest BCUT2D eigenvalue weighted by molar-refractivity contribution is 0.179. The van der Waals surface area contributed by atoms with Gasteiger partial charge in [0.2, 0.25) is 0 Å². The Morgan fingerprint density at radius 2 is 2.00 bits per heavy atom. The van der Waals surface area contributed by atoms with Gasteiger partial charge in [-0.2, -0.15) is 0 Å². The van der Waals surface area contributed by atoms with E-state index < -0.39 is 0 Å². The Bertz CT molecular complexity index is 150. The summed E-state index contributed by atoms with van der Waals surface area (Å²) in [5.74, 6) is 0. The zero-order valence-electron chi connectivity index (χ0n) is 10.2. The van der Waals surface area contributed by atoms with Gasteiger partial charge in [-0.25, -0.2) is 0 Å². The van der Waals surface area contributed by atoms with Crippen LogP contribution < -0.4 is 5.32 Å². The molecule has 0 radical (unpaired) electrons. The third kappa shape index (κ3) is 3.58. The van der Waals surface area contributed by atoms with Gasteiger partial charge in [0.05, 0.1) is 0 Å². The van der Waals surface area contributed by atoms with E-state index in [4.69, 9.17) is 0 Å². The first-order valence-corrected chi connectivity index (χ1v) is 6.06. The first-order chi connectivity index (χ1) is 6.61. The van der Waals surface area contributed by atoms with Crippen LogP contribution in [0.2, 0.25) is 0 Å². The average Bonchev–Trinajstić information content (AvgIpc) is 2.18. The minimum Gasteiger partial charge on any atom is -0.314 e. The molecule has 1 aliphatic heterocycles. The molecule has 0 saturated carbocycles. The van der Waals surface area contributed by atoms with Gasteiger partial charge in [-0.15, -0.1) is 0 Å². The van der Waals surface area contributed by atoms with Gasteiger partial charge < -0.3 is 10.2 Å². The molecule has 84 valence electrons. The quantitative estimate of drug-likeness (QED) is 0.745. The second-order valence-corrected chi connectivity index (χ2v) is 4.99. The number of rotatable bonds is 4.